The van der Waals surface area contributed by atoms with Crippen molar-refractivity contribution in [3.8, 4) is 0 Å². The Morgan fingerprint density at radius 1 is 0.943 bits per heavy atom. The van der Waals surface area contributed by atoms with Crippen molar-refractivity contribution < 1.29 is 63.8 Å². The second kappa shape index (κ2) is 14.9. The molecule has 0 bridgehead atoms. The first-order valence-electron chi connectivity index (χ1n) is 11.0. The molecule has 1 aliphatic carbocycles. The smallest absolute Gasteiger partial charge is 0.326 e. The lowest BCUT2D eigenvalue weighted by atomic mass is 9.87. The van der Waals surface area contributed by atoms with Crippen molar-refractivity contribution in [3.63, 3.8) is 0 Å². The van der Waals surface area contributed by atoms with Crippen molar-refractivity contribution in [3.05, 3.63) is 0 Å². The molecule has 1 aliphatic rings. The Labute approximate surface area is 201 Å². The maximum Gasteiger partial charge on any atom is 0.326 e. The van der Waals surface area contributed by atoms with E-state index in [2.05, 4.69) is 0 Å². The molecule has 0 aliphatic heterocycles. The van der Waals surface area contributed by atoms with Crippen molar-refractivity contribution >= 4 is 22.1 Å². The summed E-state index contributed by atoms with van der Waals surface area (Å²) in [6, 6.07) is 0. The van der Waals surface area contributed by atoms with Crippen molar-refractivity contribution in [2.45, 2.75) is 56.5 Å². The molecule has 0 radical (unpaired) electrons. The summed E-state index contributed by atoms with van der Waals surface area (Å²) < 4.78 is 109. The maximum absolute atomic E-state index is 13.7. The number of carbonyl (C=O) groups excluding carboxylic acids is 2. The molecule has 2 atom stereocenters. The summed E-state index contributed by atoms with van der Waals surface area (Å²) in [7, 11) is -3.81. The molecule has 206 valence electrons. The second-order valence-electron chi connectivity index (χ2n) is 8.00. The molecule has 0 aromatic heterocycles. The third-order valence-electron chi connectivity index (χ3n) is 5.08. The van der Waals surface area contributed by atoms with Gasteiger partial charge in [-0.3, -0.25) is 14.1 Å². The molecule has 10 nitrogen and oxygen atoms in total. The van der Waals surface area contributed by atoms with E-state index < -0.39 is 64.5 Å². The standard InChI is InChI=1S/C20H32F4O10S/c1-30-7-8-31-9-10-32-11-12-33-18(26)15-3-2-4-16(13-15)34-17(25)5-6-19(21,22)20(23,24)14-35(27,28)29/h15-16H,2-14H2,1H3,(H,27,28,29). The van der Waals surface area contributed by atoms with E-state index in [-0.39, 0.29) is 19.6 Å². The number of hydrogen-bond acceptors (Lipinski definition) is 9. The molecule has 35 heavy (non-hydrogen) atoms. The van der Waals surface area contributed by atoms with Gasteiger partial charge in [-0.25, -0.2) is 0 Å². The van der Waals surface area contributed by atoms with Gasteiger partial charge in [0.05, 0.1) is 45.4 Å². The molecule has 0 aromatic rings. The monoisotopic (exact) mass is 540 g/mol. The highest BCUT2D eigenvalue weighted by molar-refractivity contribution is 7.85. The first-order valence-corrected chi connectivity index (χ1v) is 12.6. The Morgan fingerprint density at radius 2 is 1.54 bits per heavy atom. The summed E-state index contributed by atoms with van der Waals surface area (Å²) in [5.74, 6) is -14.7. The van der Waals surface area contributed by atoms with Crippen LogP contribution in [0.15, 0.2) is 0 Å². The molecule has 1 N–H and O–H groups in total. The van der Waals surface area contributed by atoms with Gasteiger partial charge in [0.15, 0.2) is 0 Å². The van der Waals surface area contributed by atoms with Crippen LogP contribution in [0.2, 0.25) is 0 Å². The molecule has 2 unspecified atom stereocenters. The van der Waals surface area contributed by atoms with Gasteiger partial charge in [-0.15, -0.1) is 0 Å². The van der Waals surface area contributed by atoms with Crippen LogP contribution in [0.4, 0.5) is 17.6 Å². The highest BCUT2D eigenvalue weighted by atomic mass is 32.2. The van der Waals surface area contributed by atoms with E-state index in [1.165, 1.54) is 0 Å². The minimum Gasteiger partial charge on any atom is -0.463 e. The van der Waals surface area contributed by atoms with Crippen LogP contribution in [0, 0.1) is 5.92 Å². The van der Waals surface area contributed by atoms with Crippen molar-refractivity contribution in [2.24, 2.45) is 5.92 Å². The Bertz CT molecular complexity index is 763. The van der Waals surface area contributed by atoms with Crippen LogP contribution in [-0.4, -0.2) is 95.4 Å². The summed E-state index contributed by atoms with van der Waals surface area (Å²) in [5, 5.41) is 0. The first-order chi connectivity index (χ1) is 16.3. The van der Waals surface area contributed by atoms with Gasteiger partial charge in [0.25, 0.3) is 10.1 Å². The van der Waals surface area contributed by atoms with Gasteiger partial charge in [0.1, 0.15) is 18.5 Å². The van der Waals surface area contributed by atoms with Gasteiger partial charge in [-0.05, 0) is 25.7 Å². The van der Waals surface area contributed by atoms with E-state index in [4.69, 9.17) is 28.2 Å². The molecule has 0 saturated heterocycles. The quantitative estimate of drug-likeness (QED) is 0.127. The molecule has 0 aromatic carbocycles. The minimum atomic E-state index is -5.36. The fourth-order valence-corrected chi connectivity index (χ4v) is 3.94. The van der Waals surface area contributed by atoms with Gasteiger partial charge in [-0.1, -0.05) is 0 Å². The zero-order chi connectivity index (χ0) is 26.5. The van der Waals surface area contributed by atoms with Gasteiger partial charge in [0.2, 0.25) is 0 Å². The topological polar surface area (TPSA) is 135 Å². The van der Waals surface area contributed by atoms with Gasteiger partial charge >= 0.3 is 23.8 Å². The van der Waals surface area contributed by atoms with Crippen molar-refractivity contribution in [1.82, 2.24) is 0 Å². The molecule has 15 heteroatoms. The number of rotatable bonds is 17. The van der Waals surface area contributed by atoms with Crippen LogP contribution in [-0.2, 0) is 43.4 Å². The normalized spacial score (nSPS) is 19.4. The van der Waals surface area contributed by atoms with E-state index in [0.29, 0.717) is 45.7 Å². The summed E-state index contributed by atoms with van der Waals surface area (Å²) >= 11 is 0. The van der Waals surface area contributed by atoms with E-state index in [1.54, 1.807) is 7.11 Å². The van der Waals surface area contributed by atoms with E-state index >= 15 is 0 Å². The lowest BCUT2D eigenvalue weighted by Gasteiger charge is -2.28. The van der Waals surface area contributed by atoms with Gasteiger partial charge in [0, 0.05) is 13.5 Å². The first kappa shape index (κ1) is 31.5. The number of ether oxygens (including phenoxy) is 5. The highest BCUT2D eigenvalue weighted by Gasteiger charge is 2.58. The fraction of sp³-hybridized carbons (Fsp3) is 0.900. The van der Waals surface area contributed by atoms with Crippen molar-refractivity contribution in [2.75, 3.05) is 52.5 Å². The van der Waals surface area contributed by atoms with Crippen LogP contribution in [0.1, 0.15) is 38.5 Å². The van der Waals surface area contributed by atoms with Crippen LogP contribution >= 0.6 is 0 Å². The zero-order valence-corrected chi connectivity index (χ0v) is 20.2. The second-order valence-corrected chi connectivity index (χ2v) is 9.45. The van der Waals surface area contributed by atoms with E-state index in [0.717, 1.165) is 0 Å². The molecular weight excluding hydrogens is 508 g/mol. The van der Waals surface area contributed by atoms with Crippen LogP contribution in [0.25, 0.3) is 0 Å². The number of methoxy groups -OCH3 is 1. The fourth-order valence-electron chi connectivity index (χ4n) is 3.27. The molecule has 0 amide bonds. The maximum atomic E-state index is 13.7. The highest BCUT2D eigenvalue weighted by Crippen LogP contribution is 2.39. The van der Waals surface area contributed by atoms with Crippen molar-refractivity contribution in [1.29, 1.82) is 0 Å². The molecule has 0 heterocycles. The number of carbonyl (C=O) groups is 2. The lowest BCUT2D eigenvalue weighted by Crippen LogP contribution is -2.46. The van der Waals surface area contributed by atoms with Crippen LogP contribution in [0.3, 0.4) is 0 Å². The summed E-state index contributed by atoms with van der Waals surface area (Å²) in [4.78, 5) is 24.1. The third-order valence-corrected chi connectivity index (χ3v) is 5.80. The largest absolute Gasteiger partial charge is 0.463 e. The number of esters is 2. The van der Waals surface area contributed by atoms with Gasteiger partial charge in [-0.2, -0.15) is 26.0 Å². The average Bonchev–Trinajstić information content (AvgIpc) is 2.75. The Kier molecular flexibility index (Phi) is 13.4. The van der Waals surface area contributed by atoms with E-state index in [9.17, 15) is 35.6 Å². The predicted molar refractivity (Wildman–Crippen MR) is 112 cm³/mol. The molecule has 1 saturated carbocycles. The number of alkyl halides is 4. The van der Waals surface area contributed by atoms with Crippen LogP contribution < -0.4 is 0 Å². The Balaban J connectivity index is 2.34. The molecule has 1 fully saturated rings. The average molecular weight is 541 g/mol. The summed E-state index contributed by atoms with van der Waals surface area (Å²) in [6.45, 7) is 1.73. The minimum absolute atomic E-state index is 0.00468. The lowest BCUT2D eigenvalue weighted by molar-refractivity contribution is -0.201. The van der Waals surface area contributed by atoms with Gasteiger partial charge < -0.3 is 23.7 Å². The molecule has 0 spiro atoms. The summed E-state index contributed by atoms with van der Waals surface area (Å²) in [6.07, 6.45) is -2.14. The van der Waals surface area contributed by atoms with E-state index in [1.807, 2.05) is 0 Å². The Hall–Kier alpha value is -1.55. The zero-order valence-electron chi connectivity index (χ0n) is 19.4. The molecular formula is C20H32F4O10S. The summed E-state index contributed by atoms with van der Waals surface area (Å²) in [5.41, 5.74) is 0. The van der Waals surface area contributed by atoms with Crippen LogP contribution in [0.5, 0.6) is 0 Å². The number of halogens is 4. The SMILES string of the molecule is COCCOCCOCCOC(=O)C1CCCC(OC(=O)CCC(F)(F)C(F)(F)CS(=O)(=O)O)C1. The third kappa shape index (κ3) is 12.8. The Morgan fingerprint density at radius 3 is 2.14 bits per heavy atom. The molecule has 1 rings (SSSR count). The predicted octanol–water partition coefficient (Wildman–Crippen LogP) is 2.25. The number of hydrogen-bond donors (Lipinski definition) is 1.